The lowest BCUT2D eigenvalue weighted by Gasteiger charge is -2.44. The average molecular weight is 488 g/mol. The number of unbranched alkanes of at least 4 members (excludes halogenated alkanes) is 3. The molecule has 1 aliphatic heterocycles. The summed E-state index contributed by atoms with van der Waals surface area (Å²) in [7, 11) is 2.11. The van der Waals surface area contributed by atoms with Gasteiger partial charge in [0.2, 0.25) is 0 Å². The molecule has 0 saturated carbocycles. The third-order valence-electron chi connectivity index (χ3n) is 7.43. The van der Waals surface area contributed by atoms with Crippen molar-refractivity contribution in [3.63, 3.8) is 0 Å². The molecule has 5 rings (SSSR count). The van der Waals surface area contributed by atoms with Gasteiger partial charge in [-0.2, -0.15) is 21.9 Å². The molecular formula is C34H40BN2-. The van der Waals surface area contributed by atoms with Crippen LogP contribution in [0.3, 0.4) is 0 Å². The molecule has 37 heavy (non-hydrogen) atoms. The van der Waals surface area contributed by atoms with Crippen molar-refractivity contribution in [1.82, 2.24) is 9.80 Å². The van der Waals surface area contributed by atoms with E-state index in [9.17, 15) is 0 Å². The van der Waals surface area contributed by atoms with Gasteiger partial charge in [0.05, 0.1) is 6.67 Å². The highest BCUT2D eigenvalue weighted by Gasteiger charge is 2.31. The number of nitrogens with zero attached hydrogens (tertiary/aromatic N) is 2. The molecule has 4 aromatic carbocycles. The summed E-state index contributed by atoms with van der Waals surface area (Å²) in [4.78, 5) is 4.58. The fourth-order valence-corrected chi connectivity index (χ4v) is 5.60. The Balaban J connectivity index is 0.000000225. The summed E-state index contributed by atoms with van der Waals surface area (Å²) in [5.74, 6) is 0. The van der Waals surface area contributed by atoms with E-state index in [4.69, 9.17) is 0 Å². The first-order chi connectivity index (χ1) is 18.2. The van der Waals surface area contributed by atoms with E-state index in [-0.39, 0.29) is 0 Å². The van der Waals surface area contributed by atoms with Crippen LogP contribution in [-0.4, -0.2) is 36.2 Å². The lowest BCUT2D eigenvalue weighted by Crippen LogP contribution is -2.74. The quantitative estimate of drug-likeness (QED) is 0.233. The number of hydrogen-bond acceptors (Lipinski definition) is 2. The zero-order chi connectivity index (χ0) is 25.8. The molecule has 3 heteroatoms. The van der Waals surface area contributed by atoms with Gasteiger partial charge in [-0.3, -0.25) is 0 Å². The van der Waals surface area contributed by atoms with E-state index in [1.807, 2.05) is 0 Å². The van der Waals surface area contributed by atoms with Gasteiger partial charge in [0, 0.05) is 26.0 Å². The Morgan fingerprint density at radius 1 is 0.541 bits per heavy atom. The Bertz CT molecular complexity index is 1030. The number of benzene rings is 4. The molecule has 4 aromatic rings. The predicted molar refractivity (Wildman–Crippen MR) is 163 cm³/mol. The van der Waals surface area contributed by atoms with Gasteiger partial charge in [-0.15, -0.1) is 0 Å². The monoisotopic (exact) mass is 487 g/mol. The lowest BCUT2D eigenvalue weighted by atomic mass is 9.13. The van der Waals surface area contributed by atoms with Crippen LogP contribution in [0.5, 0.6) is 0 Å². The zero-order valence-electron chi connectivity index (χ0n) is 22.4. The summed E-state index contributed by atoms with van der Waals surface area (Å²) in [5.41, 5.74) is 5.36. The van der Waals surface area contributed by atoms with Gasteiger partial charge in [0.1, 0.15) is 6.15 Å². The minimum Gasteiger partial charge on any atom is -0.362 e. The molecule has 1 aliphatic rings. The maximum absolute atomic E-state index is 2.37. The van der Waals surface area contributed by atoms with Crippen molar-refractivity contribution in [3.8, 4) is 0 Å². The minimum absolute atomic E-state index is 1.08. The molecule has 0 atom stereocenters. The van der Waals surface area contributed by atoms with Crippen LogP contribution in [0.2, 0.25) is 0 Å². The molecule has 0 saturated heterocycles. The van der Waals surface area contributed by atoms with Crippen LogP contribution in [0.25, 0.3) is 0 Å². The summed E-state index contributed by atoms with van der Waals surface area (Å²) in [6.45, 7) is 4.55. The van der Waals surface area contributed by atoms with Crippen molar-refractivity contribution in [2.45, 2.75) is 32.6 Å². The van der Waals surface area contributed by atoms with Crippen LogP contribution < -0.4 is 21.9 Å². The van der Waals surface area contributed by atoms with Crippen LogP contribution >= 0.6 is 0 Å². The number of hydrogen-bond donors (Lipinski definition) is 0. The van der Waals surface area contributed by atoms with E-state index in [1.54, 1.807) is 0 Å². The average Bonchev–Trinajstić information content (AvgIpc) is 3.39. The van der Waals surface area contributed by atoms with E-state index >= 15 is 0 Å². The Hall–Kier alpha value is -3.72. The predicted octanol–water partition coefficient (Wildman–Crippen LogP) is 5.31. The van der Waals surface area contributed by atoms with Crippen molar-refractivity contribution >= 4 is 28.0 Å². The zero-order valence-corrected chi connectivity index (χ0v) is 22.4. The van der Waals surface area contributed by atoms with Crippen LogP contribution in [0.15, 0.2) is 134 Å². The van der Waals surface area contributed by atoms with Gasteiger partial charge in [-0.05, 0) is 6.42 Å². The topological polar surface area (TPSA) is 6.48 Å². The van der Waals surface area contributed by atoms with Crippen LogP contribution in [0.4, 0.5) is 0 Å². The molecule has 0 spiro atoms. The first-order valence-corrected chi connectivity index (χ1v) is 13.8. The van der Waals surface area contributed by atoms with Gasteiger partial charge < -0.3 is 9.80 Å². The highest BCUT2D eigenvalue weighted by molar-refractivity contribution is 7.19. The second-order valence-corrected chi connectivity index (χ2v) is 10.1. The molecule has 190 valence electrons. The molecule has 0 unspecified atom stereocenters. The van der Waals surface area contributed by atoms with Gasteiger partial charge in [0.15, 0.2) is 0 Å². The third kappa shape index (κ3) is 6.54. The highest BCUT2D eigenvalue weighted by atomic mass is 15.3. The third-order valence-corrected chi connectivity index (χ3v) is 7.43. The second kappa shape index (κ2) is 13.6. The van der Waals surface area contributed by atoms with E-state index in [0.717, 1.165) is 6.67 Å². The molecule has 2 nitrogen and oxygen atoms in total. The maximum Gasteiger partial charge on any atom is 0.108 e. The first kappa shape index (κ1) is 26.4. The van der Waals surface area contributed by atoms with Crippen LogP contribution in [-0.2, 0) is 0 Å². The van der Waals surface area contributed by atoms with Crippen molar-refractivity contribution in [2.75, 3.05) is 20.3 Å². The molecule has 0 radical (unpaired) electrons. The Kier molecular flexibility index (Phi) is 9.65. The minimum atomic E-state index is -1.22. The Morgan fingerprint density at radius 3 is 1.27 bits per heavy atom. The molecule has 0 amide bonds. The smallest absolute Gasteiger partial charge is 0.108 e. The van der Waals surface area contributed by atoms with Crippen LogP contribution in [0.1, 0.15) is 32.6 Å². The number of rotatable bonds is 9. The molecule has 1 heterocycles. The van der Waals surface area contributed by atoms with E-state index in [2.05, 4.69) is 157 Å². The molecule has 0 N–H and O–H groups in total. The van der Waals surface area contributed by atoms with E-state index in [0.29, 0.717) is 0 Å². The molecule has 0 fully saturated rings. The second-order valence-electron chi connectivity index (χ2n) is 10.1. The van der Waals surface area contributed by atoms with E-state index < -0.39 is 6.15 Å². The highest BCUT2D eigenvalue weighted by Crippen LogP contribution is 2.09. The van der Waals surface area contributed by atoms with Gasteiger partial charge in [-0.1, -0.05) is 148 Å². The standard InChI is InChI=1S/C24H20B.C10H20N2/c1-5-13-21(14-6-1)25(22-15-7-2-8-16-22,23-17-9-3-10-18-23)24-19-11-4-12-20-24;1-3-4-5-6-7-12-9-8-11(2)10-12/h1-20H;8-9H,3-7,10H2,1-2H3/q-1;. The summed E-state index contributed by atoms with van der Waals surface area (Å²) in [6.07, 6.45) is 8.54. The summed E-state index contributed by atoms with van der Waals surface area (Å²) >= 11 is 0. The normalized spacial score (nSPS) is 12.8. The maximum atomic E-state index is 2.37. The van der Waals surface area contributed by atoms with Crippen molar-refractivity contribution in [3.05, 3.63) is 134 Å². The Morgan fingerprint density at radius 2 is 0.946 bits per heavy atom. The van der Waals surface area contributed by atoms with Crippen molar-refractivity contribution < 1.29 is 0 Å². The summed E-state index contributed by atoms with van der Waals surface area (Å²) < 4.78 is 0. The van der Waals surface area contributed by atoms with Gasteiger partial charge in [0.25, 0.3) is 0 Å². The van der Waals surface area contributed by atoms with Gasteiger partial charge in [-0.25, -0.2) is 0 Å². The Labute approximate surface area is 224 Å². The molecular weight excluding hydrogens is 447 g/mol. The fourth-order valence-electron chi connectivity index (χ4n) is 5.60. The SMILES string of the molecule is CCCCCCN1C=CN(C)C1.c1ccc([B-](c2ccccc2)(c2ccccc2)c2ccccc2)cc1. The lowest BCUT2D eigenvalue weighted by molar-refractivity contribution is 0.291. The first-order valence-electron chi connectivity index (χ1n) is 13.8. The van der Waals surface area contributed by atoms with E-state index in [1.165, 1.54) is 54.1 Å². The summed E-state index contributed by atoms with van der Waals surface area (Å²) in [6, 6.07) is 43.5. The molecule has 0 aromatic heterocycles. The largest absolute Gasteiger partial charge is 0.362 e. The summed E-state index contributed by atoms with van der Waals surface area (Å²) in [5, 5.41) is 0. The molecule has 0 bridgehead atoms. The van der Waals surface area contributed by atoms with Crippen LogP contribution in [0, 0.1) is 0 Å². The molecule has 0 aliphatic carbocycles. The van der Waals surface area contributed by atoms with Gasteiger partial charge >= 0.3 is 0 Å². The van der Waals surface area contributed by atoms with Crippen molar-refractivity contribution in [2.24, 2.45) is 0 Å². The fraction of sp³-hybridized carbons (Fsp3) is 0.235. The van der Waals surface area contributed by atoms with Crippen molar-refractivity contribution in [1.29, 1.82) is 0 Å².